The molecule has 2 unspecified atom stereocenters. The first kappa shape index (κ1) is 18.9. The Hall–Kier alpha value is -3.05. The standard InChI is InChI=1S/C25H26N2O3/c1-17-24(19-13-15-27(17)16-14-19)26-25(28)23-12-11-22(30-23)18-7-9-21(10-8-18)29-20-5-3-2-4-6-20/h2-12,17,19,24H,13-16H2,1H3,(H,26,28). The van der Waals surface area contributed by atoms with Gasteiger partial charge in [0.05, 0.1) is 0 Å². The molecule has 2 atom stereocenters. The number of nitrogens with zero attached hydrogens (tertiary/aromatic N) is 1. The molecular formula is C25H26N2O3. The zero-order valence-electron chi connectivity index (χ0n) is 17.1. The molecule has 1 aromatic heterocycles. The number of para-hydroxylation sites is 1. The Balaban J connectivity index is 1.25. The van der Waals surface area contributed by atoms with Gasteiger partial charge in [0.2, 0.25) is 0 Å². The van der Waals surface area contributed by atoms with Crippen molar-refractivity contribution < 1.29 is 13.9 Å². The summed E-state index contributed by atoms with van der Waals surface area (Å²) in [5.74, 6) is 3.03. The highest BCUT2D eigenvalue weighted by Crippen LogP contribution is 2.32. The number of carbonyl (C=O) groups excluding carboxylic acids is 1. The summed E-state index contributed by atoms with van der Waals surface area (Å²) >= 11 is 0. The van der Waals surface area contributed by atoms with Crippen LogP contribution in [0.3, 0.4) is 0 Å². The van der Waals surface area contributed by atoms with E-state index >= 15 is 0 Å². The number of fused-ring (bicyclic) bond motifs is 3. The molecule has 0 radical (unpaired) electrons. The lowest BCUT2D eigenvalue weighted by atomic mass is 9.79. The average Bonchev–Trinajstić information content (AvgIpc) is 3.28. The molecule has 0 spiro atoms. The molecule has 30 heavy (non-hydrogen) atoms. The number of rotatable bonds is 5. The molecular weight excluding hydrogens is 376 g/mol. The van der Waals surface area contributed by atoms with Crippen LogP contribution in [0.2, 0.25) is 0 Å². The Morgan fingerprint density at radius 1 is 0.967 bits per heavy atom. The van der Waals surface area contributed by atoms with Crippen molar-refractivity contribution in [3.63, 3.8) is 0 Å². The maximum absolute atomic E-state index is 12.8. The zero-order chi connectivity index (χ0) is 20.5. The first-order valence-electron chi connectivity index (χ1n) is 10.7. The second-order valence-corrected chi connectivity index (χ2v) is 8.22. The fraction of sp³-hybridized carbons (Fsp3) is 0.320. The summed E-state index contributed by atoms with van der Waals surface area (Å²) in [7, 11) is 0. The van der Waals surface area contributed by atoms with E-state index in [0.29, 0.717) is 23.5 Å². The van der Waals surface area contributed by atoms with Gasteiger partial charge in [-0.3, -0.25) is 9.69 Å². The average molecular weight is 402 g/mol. The molecule has 1 amide bonds. The molecule has 154 valence electrons. The predicted molar refractivity (Wildman–Crippen MR) is 116 cm³/mol. The van der Waals surface area contributed by atoms with Gasteiger partial charge in [0.1, 0.15) is 17.3 Å². The number of ether oxygens (including phenoxy) is 1. The molecule has 2 aromatic carbocycles. The van der Waals surface area contributed by atoms with Crippen LogP contribution in [0.4, 0.5) is 0 Å². The van der Waals surface area contributed by atoms with Crippen molar-refractivity contribution in [2.75, 3.05) is 13.1 Å². The molecule has 0 saturated carbocycles. The first-order valence-corrected chi connectivity index (χ1v) is 10.7. The van der Waals surface area contributed by atoms with Gasteiger partial charge in [-0.25, -0.2) is 0 Å². The van der Waals surface area contributed by atoms with Gasteiger partial charge in [-0.2, -0.15) is 0 Å². The van der Waals surface area contributed by atoms with Gasteiger partial charge >= 0.3 is 0 Å². The third-order valence-electron chi connectivity index (χ3n) is 6.42. The lowest BCUT2D eigenvalue weighted by Gasteiger charge is -2.49. The van der Waals surface area contributed by atoms with Crippen molar-refractivity contribution in [3.05, 3.63) is 72.5 Å². The molecule has 3 saturated heterocycles. The highest BCUT2D eigenvalue weighted by molar-refractivity contribution is 5.92. The molecule has 3 fully saturated rings. The molecule has 6 rings (SSSR count). The zero-order valence-corrected chi connectivity index (χ0v) is 17.1. The van der Waals surface area contributed by atoms with Gasteiger partial charge in [0.25, 0.3) is 5.91 Å². The van der Waals surface area contributed by atoms with Gasteiger partial charge < -0.3 is 14.5 Å². The smallest absolute Gasteiger partial charge is 0.287 e. The third-order valence-corrected chi connectivity index (χ3v) is 6.42. The van der Waals surface area contributed by atoms with E-state index < -0.39 is 0 Å². The Bertz CT molecular complexity index is 1000. The number of benzene rings is 2. The maximum Gasteiger partial charge on any atom is 0.287 e. The largest absolute Gasteiger partial charge is 0.457 e. The van der Waals surface area contributed by atoms with Gasteiger partial charge in [0.15, 0.2) is 5.76 Å². The minimum Gasteiger partial charge on any atom is -0.457 e. The molecule has 5 nitrogen and oxygen atoms in total. The Morgan fingerprint density at radius 2 is 1.67 bits per heavy atom. The molecule has 3 aliphatic heterocycles. The van der Waals surface area contributed by atoms with E-state index in [2.05, 4.69) is 17.1 Å². The minimum absolute atomic E-state index is 0.129. The van der Waals surface area contributed by atoms with E-state index in [0.717, 1.165) is 43.0 Å². The van der Waals surface area contributed by atoms with Crippen molar-refractivity contribution >= 4 is 5.91 Å². The van der Waals surface area contributed by atoms with Crippen LogP contribution in [-0.4, -0.2) is 36.0 Å². The summed E-state index contributed by atoms with van der Waals surface area (Å²) in [5.41, 5.74) is 0.908. The quantitative estimate of drug-likeness (QED) is 0.656. The number of amides is 1. The Kier molecular flexibility index (Phi) is 5.05. The molecule has 1 N–H and O–H groups in total. The van der Waals surface area contributed by atoms with Crippen LogP contribution in [0.5, 0.6) is 11.5 Å². The summed E-state index contributed by atoms with van der Waals surface area (Å²) in [6, 6.07) is 21.5. The van der Waals surface area contributed by atoms with Crippen LogP contribution in [0.25, 0.3) is 11.3 Å². The number of nitrogens with one attached hydrogen (secondary N) is 1. The second kappa shape index (κ2) is 8.00. The fourth-order valence-electron chi connectivity index (χ4n) is 4.69. The van der Waals surface area contributed by atoms with Crippen LogP contribution in [-0.2, 0) is 0 Å². The van der Waals surface area contributed by atoms with Crippen molar-refractivity contribution in [2.24, 2.45) is 5.92 Å². The van der Waals surface area contributed by atoms with Crippen molar-refractivity contribution in [2.45, 2.75) is 31.8 Å². The van der Waals surface area contributed by atoms with Crippen LogP contribution in [0, 0.1) is 5.92 Å². The summed E-state index contributed by atoms with van der Waals surface area (Å²) in [6.07, 6.45) is 2.33. The number of furan rings is 1. The number of hydrogen-bond donors (Lipinski definition) is 1. The SMILES string of the molecule is CC1C(NC(=O)c2ccc(-c3ccc(Oc4ccccc4)cc3)o2)C2CCN1CC2. The summed E-state index contributed by atoms with van der Waals surface area (Å²) < 4.78 is 11.7. The van der Waals surface area contributed by atoms with E-state index in [4.69, 9.17) is 9.15 Å². The molecule has 3 aliphatic rings. The lowest BCUT2D eigenvalue weighted by molar-refractivity contribution is 0.0211. The van der Waals surface area contributed by atoms with Crippen molar-refractivity contribution in [3.8, 4) is 22.8 Å². The van der Waals surface area contributed by atoms with Gasteiger partial charge in [-0.15, -0.1) is 0 Å². The van der Waals surface area contributed by atoms with E-state index in [1.165, 1.54) is 0 Å². The van der Waals surface area contributed by atoms with E-state index in [-0.39, 0.29) is 11.9 Å². The summed E-state index contributed by atoms with van der Waals surface area (Å²) in [5, 5.41) is 3.22. The van der Waals surface area contributed by atoms with E-state index in [9.17, 15) is 4.79 Å². The van der Waals surface area contributed by atoms with Crippen molar-refractivity contribution in [1.82, 2.24) is 10.2 Å². The monoisotopic (exact) mass is 402 g/mol. The normalized spacial score (nSPS) is 25.1. The predicted octanol–water partition coefficient (Wildman–Crippen LogP) is 4.95. The Labute approximate surface area is 176 Å². The Morgan fingerprint density at radius 3 is 2.37 bits per heavy atom. The van der Waals surface area contributed by atoms with E-state index in [1.807, 2.05) is 60.7 Å². The topological polar surface area (TPSA) is 54.7 Å². The number of piperidine rings is 3. The molecule has 2 bridgehead atoms. The van der Waals surface area contributed by atoms with Crippen molar-refractivity contribution in [1.29, 1.82) is 0 Å². The van der Waals surface area contributed by atoms with Crippen LogP contribution in [0.1, 0.15) is 30.3 Å². The molecule has 3 aromatic rings. The molecule has 4 heterocycles. The maximum atomic E-state index is 12.8. The summed E-state index contributed by atoms with van der Waals surface area (Å²) in [4.78, 5) is 15.3. The van der Waals surface area contributed by atoms with Gasteiger partial charge in [-0.1, -0.05) is 18.2 Å². The number of hydrogen-bond acceptors (Lipinski definition) is 4. The highest BCUT2D eigenvalue weighted by atomic mass is 16.5. The van der Waals surface area contributed by atoms with Gasteiger partial charge in [-0.05, 0) is 87.3 Å². The van der Waals surface area contributed by atoms with Gasteiger partial charge in [0, 0.05) is 17.6 Å². The van der Waals surface area contributed by atoms with E-state index in [1.54, 1.807) is 6.07 Å². The lowest BCUT2D eigenvalue weighted by Crippen LogP contribution is -2.62. The van der Waals surface area contributed by atoms with Crippen LogP contribution >= 0.6 is 0 Å². The second-order valence-electron chi connectivity index (χ2n) is 8.22. The number of carbonyl (C=O) groups is 1. The molecule has 0 aliphatic carbocycles. The fourth-order valence-corrected chi connectivity index (χ4v) is 4.69. The summed E-state index contributed by atoms with van der Waals surface area (Å²) in [6.45, 7) is 4.50. The molecule has 5 heteroatoms. The third kappa shape index (κ3) is 3.73. The minimum atomic E-state index is -0.129. The van der Waals surface area contributed by atoms with Crippen LogP contribution < -0.4 is 10.1 Å². The van der Waals surface area contributed by atoms with Crippen LogP contribution in [0.15, 0.2) is 71.1 Å². The highest BCUT2D eigenvalue weighted by Gasteiger charge is 2.40. The first-order chi connectivity index (χ1) is 14.7.